The molecule has 0 radical (unpaired) electrons. The second-order valence-electron chi connectivity index (χ2n) is 6.87. The highest BCUT2D eigenvalue weighted by Gasteiger charge is 2.35. The summed E-state index contributed by atoms with van der Waals surface area (Å²) in [5.41, 5.74) is 6.65. The van der Waals surface area contributed by atoms with E-state index in [1.807, 2.05) is 17.9 Å². The van der Waals surface area contributed by atoms with Gasteiger partial charge in [-0.1, -0.05) is 6.07 Å². The van der Waals surface area contributed by atoms with E-state index >= 15 is 0 Å². The number of aryl methyl sites for hydroxylation is 1. The number of nitrogens with one attached hydrogen (secondary N) is 1. The highest BCUT2D eigenvalue weighted by Crippen LogP contribution is 2.24. The van der Waals surface area contributed by atoms with E-state index in [1.165, 1.54) is 0 Å². The molecule has 3 rings (SSSR count). The zero-order valence-electron chi connectivity index (χ0n) is 15.4. The molecule has 2 atom stereocenters. The summed E-state index contributed by atoms with van der Waals surface area (Å²) in [6, 6.07) is 3.72. The van der Waals surface area contributed by atoms with Gasteiger partial charge in [0.25, 0.3) is 5.91 Å². The fraction of sp³-hybridized carbons (Fsp3) is 0.611. The van der Waals surface area contributed by atoms with Crippen LogP contribution < -0.4 is 11.1 Å². The van der Waals surface area contributed by atoms with Gasteiger partial charge in [-0.2, -0.15) is 0 Å². The van der Waals surface area contributed by atoms with Crippen LogP contribution in [0.2, 0.25) is 0 Å². The van der Waals surface area contributed by atoms with Crippen molar-refractivity contribution in [3.63, 3.8) is 0 Å². The Labute approximate surface area is 172 Å². The first-order valence-electron chi connectivity index (χ1n) is 8.94. The number of hydrogen-bond acceptors (Lipinski definition) is 5. The molecule has 2 amide bonds. The van der Waals surface area contributed by atoms with Gasteiger partial charge in [0.05, 0.1) is 6.10 Å². The molecule has 0 unspecified atom stereocenters. The molecule has 1 aromatic heterocycles. The normalized spacial score (nSPS) is 22.5. The van der Waals surface area contributed by atoms with Crippen molar-refractivity contribution in [3.8, 4) is 0 Å². The predicted molar refractivity (Wildman–Crippen MR) is 108 cm³/mol. The number of anilines is 1. The Hall–Kier alpha value is -1.41. The van der Waals surface area contributed by atoms with Crippen molar-refractivity contribution in [2.75, 3.05) is 25.0 Å². The Morgan fingerprint density at radius 2 is 1.93 bits per heavy atom. The van der Waals surface area contributed by atoms with Crippen LogP contribution in [0.5, 0.6) is 0 Å². The molecule has 152 valence electrons. The molecular weight excluding hydrogens is 391 g/mol. The molecule has 9 heteroatoms. The number of carbonyl (C=O) groups is 2. The van der Waals surface area contributed by atoms with Crippen LogP contribution in [-0.2, 0) is 14.3 Å². The molecule has 2 aliphatic rings. The number of ether oxygens (including phenoxy) is 1. The second kappa shape index (κ2) is 10.8. The van der Waals surface area contributed by atoms with Gasteiger partial charge in [-0.3, -0.25) is 9.59 Å². The summed E-state index contributed by atoms with van der Waals surface area (Å²) in [5, 5.41) is 2.86. The smallest absolute Gasteiger partial charge is 0.251 e. The van der Waals surface area contributed by atoms with E-state index in [0.717, 1.165) is 18.4 Å². The van der Waals surface area contributed by atoms with Crippen LogP contribution in [0.25, 0.3) is 0 Å². The monoisotopic (exact) mass is 418 g/mol. The zero-order chi connectivity index (χ0) is 17.8. The van der Waals surface area contributed by atoms with E-state index in [0.29, 0.717) is 38.3 Å². The van der Waals surface area contributed by atoms with Crippen molar-refractivity contribution in [2.45, 2.75) is 44.8 Å². The lowest BCUT2D eigenvalue weighted by atomic mass is 9.95. The van der Waals surface area contributed by atoms with E-state index in [9.17, 15) is 9.59 Å². The number of aromatic nitrogens is 1. The number of hydrogen-bond donors (Lipinski definition) is 2. The summed E-state index contributed by atoms with van der Waals surface area (Å²) < 4.78 is 5.68. The lowest BCUT2D eigenvalue weighted by Crippen LogP contribution is -2.45. The van der Waals surface area contributed by atoms with Crippen molar-refractivity contribution < 1.29 is 14.3 Å². The number of likely N-dealkylation sites (tertiary alicyclic amines) is 1. The number of rotatable bonds is 4. The van der Waals surface area contributed by atoms with Gasteiger partial charge in [0, 0.05) is 31.7 Å². The molecular formula is C18H28Cl2N4O3. The van der Waals surface area contributed by atoms with E-state index in [1.54, 1.807) is 12.3 Å². The molecule has 2 saturated heterocycles. The minimum absolute atomic E-state index is 0. The Bertz CT molecular complexity index is 622. The lowest BCUT2D eigenvalue weighted by Gasteiger charge is -2.32. The van der Waals surface area contributed by atoms with Gasteiger partial charge in [0.15, 0.2) is 0 Å². The van der Waals surface area contributed by atoms with Crippen LogP contribution in [0, 0.1) is 12.8 Å². The van der Waals surface area contributed by atoms with Crippen LogP contribution >= 0.6 is 24.8 Å². The molecule has 2 aliphatic heterocycles. The Balaban J connectivity index is 0.00000182. The van der Waals surface area contributed by atoms with Crippen molar-refractivity contribution in [3.05, 3.63) is 23.9 Å². The SMILES string of the molecule is Cc1ccc(NC(=O)C2CCN(C(=O)[C@@H]3CC[C@H](CN)O3)CC2)nc1.Cl.Cl. The van der Waals surface area contributed by atoms with Crippen LogP contribution in [0.3, 0.4) is 0 Å². The molecule has 3 N–H and O–H groups in total. The summed E-state index contributed by atoms with van der Waals surface area (Å²) >= 11 is 0. The molecule has 0 aliphatic carbocycles. The third kappa shape index (κ3) is 6.04. The third-order valence-corrected chi connectivity index (χ3v) is 4.99. The average molecular weight is 419 g/mol. The van der Waals surface area contributed by atoms with Crippen molar-refractivity contribution in [1.29, 1.82) is 0 Å². The first kappa shape index (κ1) is 23.6. The molecule has 0 aromatic carbocycles. The molecule has 2 fully saturated rings. The van der Waals surface area contributed by atoms with Crippen LogP contribution in [0.1, 0.15) is 31.2 Å². The number of carbonyl (C=O) groups excluding carboxylic acids is 2. The molecule has 7 nitrogen and oxygen atoms in total. The Morgan fingerprint density at radius 1 is 1.22 bits per heavy atom. The first-order valence-corrected chi connectivity index (χ1v) is 8.94. The van der Waals surface area contributed by atoms with Gasteiger partial charge >= 0.3 is 0 Å². The zero-order valence-corrected chi connectivity index (χ0v) is 17.1. The summed E-state index contributed by atoms with van der Waals surface area (Å²) in [6.45, 7) is 3.59. The minimum Gasteiger partial charge on any atom is -0.364 e. The van der Waals surface area contributed by atoms with Gasteiger partial charge < -0.3 is 20.7 Å². The summed E-state index contributed by atoms with van der Waals surface area (Å²) in [4.78, 5) is 30.9. The van der Waals surface area contributed by atoms with Gasteiger partial charge in [-0.25, -0.2) is 4.98 Å². The third-order valence-electron chi connectivity index (χ3n) is 4.99. The molecule has 0 saturated carbocycles. The number of nitrogens with zero attached hydrogens (tertiary/aromatic N) is 2. The summed E-state index contributed by atoms with van der Waals surface area (Å²) in [5.74, 6) is 0.494. The highest BCUT2D eigenvalue weighted by atomic mass is 35.5. The number of nitrogens with two attached hydrogens (primary N) is 1. The van der Waals surface area contributed by atoms with Gasteiger partial charge in [0.1, 0.15) is 11.9 Å². The van der Waals surface area contributed by atoms with E-state index in [-0.39, 0.29) is 54.8 Å². The van der Waals surface area contributed by atoms with Gasteiger partial charge in [-0.15, -0.1) is 24.8 Å². The fourth-order valence-electron chi connectivity index (χ4n) is 3.40. The average Bonchev–Trinajstić information content (AvgIpc) is 3.12. The first-order chi connectivity index (χ1) is 12.1. The van der Waals surface area contributed by atoms with E-state index < -0.39 is 0 Å². The Kier molecular flexibility index (Phi) is 9.45. The maximum absolute atomic E-state index is 12.5. The number of pyridine rings is 1. The highest BCUT2D eigenvalue weighted by molar-refractivity contribution is 5.92. The molecule has 0 spiro atoms. The molecule has 0 bridgehead atoms. The molecule has 3 heterocycles. The predicted octanol–water partition coefficient (Wildman–Crippen LogP) is 1.92. The summed E-state index contributed by atoms with van der Waals surface area (Å²) in [7, 11) is 0. The number of halogens is 2. The van der Waals surface area contributed by atoms with Gasteiger partial charge in [0.2, 0.25) is 5.91 Å². The van der Waals surface area contributed by atoms with Crippen molar-refractivity contribution in [2.24, 2.45) is 11.7 Å². The summed E-state index contributed by atoms with van der Waals surface area (Å²) in [6.07, 6.45) is 4.27. The minimum atomic E-state index is -0.365. The quantitative estimate of drug-likeness (QED) is 0.777. The maximum atomic E-state index is 12.5. The van der Waals surface area contributed by atoms with E-state index in [2.05, 4.69) is 10.3 Å². The van der Waals surface area contributed by atoms with Crippen molar-refractivity contribution in [1.82, 2.24) is 9.88 Å². The molecule has 27 heavy (non-hydrogen) atoms. The standard InChI is InChI=1S/C18H26N4O3.2ClH/c1-12-2-5-16(20-11-12)21-17(23)13-6-8-22(9-7-13)18(24)15-4-3-14(10-19)25-15;;/h2,5,11,13-15H,3-4,6-10,19H2,1H3,(H,20,21,23);2*1H/t14-,15+;;/m1../s1. The molecule has 1 aromatic rings. The van der Waals surface area contributed by atoms with Crippen molar-refractivity contribution >= 4 is 42.4 Å². The topological polar surface area (TPSA) is 97.6 Å². The lowest BCUT2D eigenvalue weighted by molar-refractivity contribution is -0.145. The Morgan fingerprint density at radius 3 is 2.48 bits per heavy atom. The number of amides is 2. The number of piperidine rings is 1. The van der Waals surface area contributed by atoms with Crippen LogP contribution in [-0.4, -0.2) is 53.5 Å². The maximum Gasteiger partial charge on any atom is 0.251 e. The van der Waals surface area contributed by atoms with Crippen LogP contribution in [0.15, 0.2) is 18.3 Å². The van der Waals surface area contributed by atoms with Crippen LogP contribution in [0.4, 0.5) is 5.82 Å². The fourth-order valence-corrected chi connectivity index (χ4v) is 3.40. The second-order valence-corrected chi connectivity index (χ2v) is 6.87. The van der Waals surface area contributed by atoms with E-state index in [4.69, 9.17) is 10.5 Å². The largest absolute Gasteiger partial charge is 0.364 e. The van der Waals surface area contributed by atoms with Gasteiger partial charge in [-0.05, 0) is 44.2 Å².